The van der Waals surface area contributed by atoms with Gasteiger partial charge in [0, 0.05) is 49.3 Å². The number of furan rings is 1. The SMILES string of the molecule is CC1(C)c2ccccc2-c2ccc(-n3c4ccccc4c4ccc5c6cc(-c7nc(-c8ccccc8)nc(-c8ccccc8)n7)ccc6oc5c43)cc21. The summed E-state index contributed by atoms with van der Waals surface area (Å²) in [5.74, 6) is 1.89. The summed E-state index contributed by atoms with van der Waals surface area (Å²) in [5.41, 5.74) is 13.0. The Morgan fingerprint density at radius 3 is 1.85 bits per heavy atom. The summed E-state index contributed by atoms with van der Waals surface area (Å²) in [4.78, 5) is 14.9. The zero-order chi connectivity index (χ0) is 35.3. The van der Waals surface area contributed by atoms with E-state index in [0.717, 1.165) is 60.7 Å². The van der Waals surface area contributed by atoms with Crippen molar-refractivity contribution in [3.63, 3.8) is 0 Å². The molecule has 0 radical (unpaired) electrons. The van der Waals surface area contributed by atoms with Gasteiger partial charge in [0.15, 0.2) is 23.1 Å². The van der Waals surface area contributed by atoms with Gasteiger partial charge in [0.25, 0.3) is 0 Å². The number of para-hydroxylation sites is 1. The lowest BCUT2D eigenvalue weighted by Gasteiger charge is -2.22. The zero-order valence-electron chi connectivity index (χ0n) is 29.2. The maximum Gasteiger partial charge on any atom is 0.164 e. The van der Waals surface area contributed by atoms with E-state index in [1.54, 1.807) is 0 Å². The molecule has 0 aliphatic heterocycles. The van der Waals surface area contributed by atoms with Gasteiger partial charge < -0.3 is 8.98 Å². The third kappa shape index (κ3) is 4.40. The van der Waals surface area contributed by atoms with Gasteiger partial charge in [0.1, 0.15) is 5.58 Å². The van der Waals surface area contributed by atoms with Gasteiger partial charge in [-0.15, -0.1) is 0 Å². The maximum absolute atomic E-state index is 6.84. The molecule has 0 N–H and O–H groups in total. The second-order valence-corrected chi connectivity index (χ2v) is 14.4. The Labute approximate surface area is 305 Å². The Morgan fingerprint density at radius 1 is 0.472 bits per heavy atom. The molecule has 1 aliphatic rings. The molecule has 0 atom stereocenters. The van der Waals surface area contributed by atoms with Crippen LogP contribution in [0.3, 0.4) is 0 Å². The number of fused-ring (bicyclic) bond motifs is 10. The first-order chi connectivity index (χ1) is 26.0. The second kappa shape index (κ2) is 11.1. The molecule has 7 aromatic carbocycles. The number of rotatable bonds is 4. The molecule has 0 amide bonds. The highest BCUT2D eigenvalue weighted by molar-refractivity contribution is 6.21. The lowest BCUT2D eigenvalue weighted by atomic mass is 9.82. The first-order valence-electron chi connectivity index (χ1n) is 18.0. The molecule has 0 unspecified atom stereocenters. The molecule has 0 bridgehead atoms. The summed E-state index contributed by atoms with van der Waals surface area (Å²) in [5, 5.41) is 4.42. The molecule has 5 nitrogen and oxygen atoms in total. The molecule has 53 heavy (non-hydrogen) atoms. The average Bonchev–Trinajstić information content (AvgIpc) is 3.83. The van der Waals surface area contributed by atoms with Crippen LogP contribution in [0.15, 0.2) is 162 Å². The minimum Gasteiger partial charge on any atom is -0.454 e. The van der Waals surface area contributed by atoms with Crippen LogP contribution >= 0.6 is 0 Å². The van der Waals surface area contributed by atoms with Gasteiger partial charge in [-0.05, 0) is 64.7 Å². The summed E-state index contributed by atoms with van der Waals surface area (Å²) >= 11 is 0. The van der Waals surface area contributed by atoms with E-state index < -0.39 is 0 Å². The second-order valence-electron chi connectivity index (χ2n) is 14.4. The smallest absolute Gasteiger partial charge is 0.164 e. The number of nitrogens with zero attached hydrogens (tertiary/aromatic N) is 4. The summed E-state index contributed by atoms with van der Waals surface area (Å²) in [6.45, 7) is 4.67. The van der Waals surface area contributed by atoms with Crippen LogP contribution in [0, 0.1) is 0 Å². The van der Waals surface area contributed by atoms with Crippen molar-refractivity contribution in [3.8, 4) is 51.0 Å². The minimum absolute atomic E-state index is 0.110. The Balaban J connectivity index is 1.13. The fourth-order valence-corrected chi connectivity index (χ4v) is 8.46. The molecule has 5 heteroatoms. The van der Waals surface area contributed by atoms with Crippen LogP contribution in [0.1, 0.15) is 25.0 Å². The predicted octanol–water partition coefficient (Wildman–Crippen LogP) is 12.2. The van der Waals surface area contributed by atoms with E-state index >= 15 is 0 Å². The normalized spacial score (nSPS) is 13.2. The molecule has 250 valence electrons. The van der Waals surface area contributed by atoms with Gasteiger partial charge in [-0.25, -0.2) is 15.0 Å². The molecular weight excluding hydrogens is 649 g/mol. The van der Waals surface area contributed by atoms with Gasteiger partial charge >= 0.3 is 0 Å². The summed E-state index contributed by atoms with van der Waals surface area (Å²) in [6, 6.07) is 55.3. The van der Waals surface area contributed by atoms with E-state index in [9.17, 15) is 0 Å². The van der Waals surface area contributed by atoms with Crippen LogP contribution in [-0.4, -0.2) is 19.5 Å². The van der Waals surface area contributed by atoms with Crippen LogP contribution in [0.25, 0.3) is 94.7 Å². The van der Waals surface area contributed by atoms with E-state index in [-0.39, 0.29) is 5.41 Å². The molecule has 0 saturated heterocycles. The standard InChI is InChI=1S/C48H32N4O/c1-48(2)39-19-11-9-17-33(39)34-23-22-32(28-40(34)48)52-41-20-12-10-18-35(41)36-24-25-37-38-27-31(21-26-42(38)53-44(37)43(36)52)47-50-45(29-13-5-3-6-14-29)49-46(51-47)30-15-7-4-8-16-30/h3-28H,1-2H3. The number of benzene rings is 7. The van der Waals surface area contributed by atoms with Crippen LogP contribution < -0.4 is 0 Å². The van der Waals surface area contributed by atoms with Gasteiger partial charge in [-0.2, -0.15) is 0 Å². The van der Waals surface area contributed by atoms with Gasteiger partial charge in [-0.1, -0.05) is 129 Å². The highest BCUT2D eigenvalue weighted by Gasteiger charge is 2.35. The van der Waals surface area contributed by atoms with Crippen molar-refractivity contribution in [2.24, 2.45) is 0 Å². The van der Waals surface area contributed by atoms with Crippen molar-refractivity contribution >= 4 is 43.7 Å². The lowest BCUT2D eigenvalue weighted by Crippen LogP contribution is -2.15. The topological polar surface area (TPSA) is 56.7 Å². The first kappa shape index (κ1) is 29.8. The molecule has 11 rings (SSSR count). The van der Waals surface area contributed by atoms with Crippen LogP contribution in [0.4, 0.5) is 0 Å². The number of hydrogen-bond donors (Lipinski definition) is 0. The van der Waals surface area contributed by atoms with Gasteiger partial charge in [0.2, 0.25) is 0 Å². The molecule has 0 spiro atoms. The third-order valence-electron chi connectivity index (χ3n) is 11.1. The van der Waals surface area contributed by atoms with Crippen LogP contribution in [-0.2, 0) is 5.41 Å². The third-order valence-corrected chi connectivity index (χ3v) is 11.1. The fraction of sp³-hybridized carbons (Fsp3) is 0.0625. The summed E-state index contributed by atoms with van der Waals surface area (Å²) in [7, 11) is 0. The van der Waals surface area contributed by atoms with Gasteiger partial charge in [-0.3, -0.25) is 0 Å². The van der Waals surface area contributed by atoms with Gasteiger partial charge in [0.05, 0.1) is 11.0 Å². The highest BCUT2D eigenvalue weighted by atomic mass is 16.3. The average molecular weight is 681 g/mol. The van der Waals surface area contributed by atoms with E-state index in [0.29, 0.717) is 17.5 Å². The van der Waals surface area contributed by atoms with E-state index in [2.05, 4.69) is 109 Å². The zero-order valence-corrected chi connectivity index (χ0v) is 29.2. The number of aromatic nitrogens is 4. The maximum atomic E-state index is 6.84. The van der Waals surface area contributed by atoms with Crippen molar-refractivity contribution in [1.29, 1.82) is 0 Å². The van der Waals surface area contributed by atoms with Crippen molar-refractivity contribution in [1.82, 2.24) is 19.5 Å². The van der Waals surface area contributed by atoms with E-state index in [4.69, 9.17) is 19.4 Å². The molecule has 0 fully saturated rings. The van der Waals surface area contributed by atoms with Crippen molar-refractivity contribution < 1.29 is 4.42 Å². The Bertz CT molecular complexity index is 3020. The van der Waals surface area contributed by atoms with Crippen molar-refractivity contribution in [2.45, 2.75) is 19.3 Å². The molecule has 3 heterocycles. The number of hydrogen-bond acceptors (Lipinski definition) is 4. The Hall–Kier alpha value is -6.85. The lowest BCUT2D eigenvalue weighted by molar-refractivity contribution is 0.660. The molecular formula is C48H32N4O. The minimum atomic E-state index is -0.110. The Morgan fingerprint density at radius 2 is 1.09 bits per heavy atom. The first-order valence-corrected chi connectivity index (χ1v) is 18.0. The largest absolute Gasteiger partial charge is 0.454 e. The molecule has 1 aliphatic carbocycles. The summed E-state index contributed by atoms with van der Waals surface area (Å²) in [6.07, 6.45) is 0. The van der Waals surface area contributed by atoms with Crippen molar-refractivity contribution in [2.75, 3.05) is 0 Å². The van der Waals surface area contributed by atoms with Crippen LogP contribution in [0.2, 0.25) is 0 Å². The molecule has 3 aromatic heterocycles. The van der Waals surface area contributed by atoms with Crippen LogP contribution in [0.5, 0.6) is 0 Å². The fourth-order valence-electron chi connectivity index (χ4n) is 8.46. The van der Waals surface area contributed by atoms with Crippen molar-refractivity contribution in [3.05, 3.63) is 169 Å². The highest BCUT2D eigenvalue weighted by Crippen LogP contribution is 2.50. The molecule has 0 saturated carbocycles. The predicted molar refractivity (Wildman–Crippen MR) is 215 cm³/mol. The van der Waals surface area contributed by atoms with E-state index in [1.165, 1.54) is 27.6 Å². The molecule has 10 aromatic rings. The monoisotopic (exact) mass is 680 g/mol. The van der Waals surface area contributed by atoms with E-state index in [1.807, 2.05) is 66.7 Å². The summed E-state index contributed by atoms with van der Waals surface area (Å²) < 4.78 is 9.23. The Kier molecular flexibility index (Phi) is 6.23. The quantitative estimate of drug-likeness (QED) is 0.186.